The van der Waals surface area contributed by atoms with Gasteiger partial charge in [0.05, 0.1) is 11.1 Å². The molecule has 1 aromatic carbocycles. The molecule has 3 rings (SSSR count). The molecule has 4 heteroatoms. The molecule has 0 spiro atoms. The minimum atomic E-state index is -0.0488. The van der Waals surface area contributed by atoms with Gasteiger partial charge in [-0.1, -0.05) is 18.2 Å². The van der Waals surface area contributed by atoms with Crippen molar-refractivity contribution in [3.8, 4) is 0 Å². The number of carbonyl (C=O) groups excluding carboxylic acids is 1. The zero-order chi connectivity index (χ0) is 13.9. The number of benzene rings is 1. The molecule has 1 aromatic heterocycles. The Morgan fingerprint density at radius 2 is 2.15 bits per heavy atom. The average Bonchev–Trinajstić information content (AvgIpc) is 2.90. The summed E-state index contributed by atoms with van der Waals surface area (Å²) < 4.78 is 0. The first-order valence-electron chi connectivity index (χ1n) is 7.00. The van der Waals surface area contributed by atoms with Gasteiger partial charge in [0.25, 0.3) is 5.91 Å². The number of nitrogens with one attached hydrogen (secondary N) is 1. The number of hydrogen-bond acceptors (Lipinski definition) is 2. The van der Waals surface area contributed by atoms with Crippen LogP contribution in [-0.4, -0.2) is 22.8 Å². The van der Waals surface area contributed by atoms with Crippen LogP contribution in [0.4, 0.5) is 0 Å². The van der Waals surface area contributed by atoms with Crippen LogP contribution in [0, 0.1) is 5.92 Å². The van der Waals surface area contributed by atoms with E-state index in [0.29, 0.717) is 18.0 Å². The number of rotatable bonds is 3. The average molecular weight is 289 g/mol. The van der Waals surface area contributed by atoms with Crippen LogP contribution in [0.25, 0.3) is 10.9 Å². The molecule has 1 N–H and O–H groups in total. The molecule has 0 aliphatic heterocycles. The van der Waals surface area contributed by atoms with Gasteiger partial charge in [0.1, 0.15) is 0 Å². The zero-order valence-electron chi connectivity index (χ0n) is 11.2. The number of halogens is 1. The van der Waals surface area contributed by atoms with Gasteiger partial charge in [-0.25, -0.2) is 0 Å². The van der Waals surface area contributed by atoms with Gasteiger partial charge in [-0.15, -0.1) is 11.6 Å². The van der Waals surface area contributed by atoms with Gasteiger partial charge in [-0.05, 0) is 37.3 Å². The number of amides is 1. The van der Waals surface area contributed by atoms with Crippen molar-refractivity contribution in [2.45, 2.75) is 24.6 Å². The highest BCUT2D eigenvalue weighted by molar-refractivity contribution is 6.20. The predicted octanol–water partition coefficient (Wildman–Crippen LogP) is 3.37. The molecule has 3 nitrogen and oxygen atoms in total. The Labute approximate surface area is 123 Å². The maximum atomic E-state index is 12.3. The highest BCUT2D eigenvalue weighted by atomic mass is 35.5. The van der Waals surface area contributed by atoms with Gasteiger partial charge >= 0.3 is 0 Å². The van der Waals surface area contributed by atoms with Crippen LogP contribution in [-0.2, 0) is 0 Å². The summed E-state index contributed by atoms with van der Waals surface area (Å²) in [6.07, 6.45) is 4.87. The first kappa shape index (κ1) is 13.4. The van der Waals surface area contributed by atoms with E-state index < -0.39 is 0 Å². The zero-order valence-corrected chi connectivity index (χ0v) is 11.9. The highest BCUT2D eigenvalue weighted by Crippen LogP contribution is 2.28. The second-order valence-electron chi connectivity index (χ2n) is 5.37. The molecule has 20 heavy (non-hydrogen) atoms. The van der Waals surface area contributed by atoms with E-state index in [1.807, 2.05) is 30.3 Å². The van der Waals surface area contributed by atoms with Crippen LogP contribution in [0.5, 0.6) is 0 Å². The third-order valence-corrected chi connectivity index (χ3v) is 4.30. The van der Waals surface area contributed by atoms with Crippen LogP contribution in [0.3, 0.4) is 0 Å². The smallest absolute Gasteiger partial charge is 0.253 e. The molecule has 2 unspecified atom stereocenters. The van der Waals surface area contributed by atoms with E-state index >= 15 is 0 Å². The molecular formula is C16H17ClN2O. The van der Waals surface area contributed by atoms with E-state index in [9.17, 15) is 4.79 Å². The van der Waals surface area contributed by atoms with Crippen molar-refractivity contribution in [1.82, 2.24) is 10.3 Å². The highest BCUT2D eigenvalue weighted by Gasteiger charge is 2.23. The maximum Gasteiger partial charge on any atom is 0.253 e. The van der Waals surface area contributed by atoms with E-state index in [4.69, 9.17) is 11.6 Å². The van der Waals surface area contributed by atoms with Crippen molar-refractivity contribution >= 4 is 28.4 Å². The molecule has 1 heterocycles. The van der Waals surface area contributed by atoms with Gasteiger partial charge in [0.2, 0.25) is 0 Å². The Hall–Kier alpha value is -1.61. The molecule has 0 saturated heterocycles. The Kier molecular flexibility index (Phi) is 3.88. The number of pyridine rings is 1. The number of alkyl halides is 1. The van der Waals surface area contributed by atoms with Crippen LogP contribution in [0.1, 0.15) is 29.6 Å². The minimum Gasteiger partial charge on any atom is -0.352 e. The third kappa shape index (κ3) is 2.78. The SMILES string of the molecule is O=C(NCC1CCC(Cl)C1)c1cccc2cccnc12. The molecular weight excluding hydrogens is 272 g/mol. The predicted molar refractivity (Wildman–Crippen MR) is 81.1 cm³/mol. The van der Waals surface area contributed by atoms with Crippen molar-refractivity contribution in [3.63, 3.8) is 0 Å². The number of hydrogen-bond donors (Lipinski definition) is 1. The van der Waals surface area contributed by atoms with Gasteiger partial charge < -0.3 is 5.32 Å². The molecule has 1 aliphatic carbocycles. The number of fused-ring (bicyclic) bond motifs is 1. The van der Waals surface area contributed by atoms with Crippen molar-refractivity contribution in [2.24, 2.45) is 5.92 Å². The molecule has 1 saturated carbocycles. The van der Waals surface area contributed by atoms with Crippen molar-refractivity contribution in [2.75, 3.05) is 6.54 Å². The summed E-state index contributed by atoms with van der Waals surface area (Å²) >= 11 is 6.09. The third-order valence-electron chi connectivity index (χ3n) is 3.91. The summed E-state index contributed by atoms with van der Waals surface area (Å²) in [5.41, 5.74) is 1.40. The van der Waals surface area contributed by atoms with E-state index in [0.717, 1.165) is 30.2 Å². The van der Waals surface area contributed by atoms with E-state index in [2.05, 4.69) is 10.3 Å². The fourth-order valence-corrected chi connectivity index (χ4v) is 3.20. The minimum absolute atomic E-state index is 0.0488. The fourth-order valence-electron chi connectivity index (χ4n) is 2.82. The first-order valence-corrected chi connectivity index (χ1v) is 7.43. The number of para-hydroxylation sites is 1. The molecule has 1 aliphatic rings. The molecule has 2 aromatic rings. The molecule has 0 bridgehead atoms. The summed E-state index contributed by atoms with van der Waals surface area (Å²) in [5, 5.41) is 4.28. The number of carbonyl (C=O) groups is 1. The quantitative estimate of drug-likeness (QED) is 0.880. The summed E-state index contributed by atoms with van der Waals surface area (Å²) in [5.74, 6) is 0.455. The lowest BCUT2D eigenvalue weighted by molar-refractivity contribution is 0.0949. The van der Waals surface area contributed by atoms with Crippen LogP contribution in [0.15, 0.2) is 36.5 Å². The Balaban J connectivity index is 1.72. The monoisotopic (exact) mass is 288 g/mol. The fraction of sp³-hybridized carbons (Fsp3) is 0.375. The van der Waals surface area contributed by atoms with Gasteiger partial charge in [0, 0.05) is 23.5 Å². The van der Waals surface area contributed by atoms with E-state index in [1.165, 1.54) is 0 Å². The summed E-state index contributed by atoms with van der Waals surface area (Å²) in [6, 6.07) is 9.53. The molecule has 104 valence electrons. The standard InChI is InChI=1S/C16H17ClN2O/c17-13-7-6-11(9-13)10-19-16(20)14-5-1-3-12-4-2-8-18-15(12)14/h1-5,8,11,13H,6-7,9-10H2,(H,19,20). The van der Waals surface area contributed by atoms with Crippen molar-refractivity contribution in [1.29, 1.82) is 0 Å². The van der Waals surface area contributed by atoms with Crippen LogP contribution < -0.4 is 5.32 Å². The Morgan fingerprint density at radius 3 is 2.95 bits per heavy atom. The first-order chi connectivity index (χ1) is 9.74. The normalized spacial score (nSPS) is 22.1. The molecule has 1 fully saturated rings. The molecule has 2 atom stereocenters. The maximum absolute atomic E-state index is 12.3. The molecule has 0 radical (unpaired) electrons. The summed E-state index contributed by atoms with van der Waals surface area (Å²) in [4.78, 5) is 16.6. The lowest BCUT2D eigenvalue weighted by Crippen LogP contribution is -2.28. The van der Waals surface area contributed by atoms with Crippen LogP contribution >= 0.6 is 11.6 Å². The Bertz CT molecular complexity index is 623. The topological polar surface area (TPSA) is 42.0 Å². The summed E-state index contributed by atoms with van der Waals surface area (Å²) in [7, 11) is 0. The second kappa shape index (κ2) is 5.80. The lowest BCUT2D eigenvalue weighted by Gasteiger charge is -2.11. The Morgan fingerprint density at radius 1 is 1.30 bits per heavy atom. The van der Waals surface area contributed by atoms with Gasteiger partial charge in [-0.3, -0.25) is 9.78 Å². The number of nitrogens with zero attached hydrogens (tertiary/aromatic N) is 1. The van der Waals surface area contributed by atoms with Gasteiger partial charge in [0.15, 0.2) is 0 Å². The lowest BCUT2D eigenvalue weighted by atomic mass is 10.1. The van der Waals surface area contributed by atoms with Gasteiger partial charge in [-0.2, -0.15) is 0 Å². The second-order valence-corrected chi connectivity index (χ2v) is 5.98. The largest absolute Gasteiger partial charge is 0.352 e. The van der Waals surface area contributed by atoms with E-state index in [1.54, 1.807) is 6.20 Å². The molecule has 1 amide bonds. The van der Waals surface area contributed by atoms with Crippen LogP contribution in [0.2, 0.25) is 0 Å². The van der Waals surface area contributed by atoms with Crippen molar-refractivity contribution in [3.05, 3.63) is 42.1 Å². The van der Waals surface area contributed by atoms with E-state index in [-0.39, 0.29) is 11.3 Å². The van der Waals surface area contributed by atoms with Crippen molar-refractivity contribution < 1.29 is 4.79 Å². The number of aromatic nitrogens is 1. The summed E-state index contributed by atoms with van der Waals surface area (Å²) in [6.45, 7) is 0.700.